The largest absolute Gasteiger partial charge is 0.398 e. The summed E-state index contributed by atoms with van der Waals surface area (Å²) in [4.78, 5) is 10.4. The first-order valence-electron chi connectivity index (χ1n) is 4.12. The zero-order valence-electron chi connectivity index (χ0n) is 7.46. The fraction of sp³-hybridized carbons (Fsp3) is 0.300. The van der Waals surface area contributed by atoms with Crippen LogP contribution < -0.4 is 5.73 Å². The van der Waals surface area contributed by atoms with Crippen LogP contribution in [-0.4, -0.2) is 6.29 Å². The zero-order valence-corrected chi connectivity index (χ0v) is 7.46. The monoisotopic (exact) mass is 181 g/mol. The molecule has 3 heteroatoms. The molecule has 0 heterocycles. The van der Waals surface area contributed by atoms with E-state index in [0.29, 0.717) is 12.1 Å². The molecule has 1 unspecified atom stereocenters. The van der Waals surface area contributed by atoms with Gasteiger partial charge in [0.05, 0.1) is 0 Å². The summed E-state index contributed by atoms with van der Waals surface area (Å²) >= 11 is 0. The molecular formula is C10H12FNO. The summed E-state index contributed by atoms with van der Waals surface area (Å²) in [6, 6.07) is 4.24. The standard InChI is InChI=1S/C10H12FNO/c1-7(6-13)4-8-2-3-9(11)5-10(8)12/h2-3,5-7H,4,12H2,1H3. The van der Waals surface area contributed by atoms with Crippen molar-refractivity contribution in [2.24, 2.45) is 5.92 Å². The zero-order chi connectivity index (χ0) is 9.84. The Balaban J connectivity index is 2.83. The molecule has 70 valence electrons. The lowest BCUT2D eigenvalue weighted by Crippen LogP contribution is -2.03. The molecule has 13 heavy (non-hydrogen) atoms. The van der Waals surface area contributed by atoms with Crippen LogP contribution in [0.5, 0.6) is 0 Å². The van der Waals surface area contributed by atoms with Crippen molar-refractivity contribution >= 4 is 12.0 Å². The molecule has 1 atom stereocenters. The molecule has 2 nitrogen and oxygen atoms in total. The predicted octanol–water partition coefficient (Wildman–Crippen LogP) is 1.79. The number of hydrogen-bond donors (Lipinski definition) is 1. The third kappa shape index (κ3) is 2.54. The van der Waals surface area contributed by atoms with Crippen LogP contribution in [0.25, 0.3) is 0 Å². The highest BCUT2D eigenvalue weighted by Gasteiger charge is 2.05. The van der Waals surface area contributed by atoms with E-state index < -0.39 is 0 Å². The lowest BCUT2D eigenvalue weighted by molar-refractivity contribution is -0.110. The average molecular weight is 181 g/mol. The van der Waals surface area contributed by atoms with Crippen LogP contribution in [0, 0.1) is 11.7 Å². The molecule has 0 aliphatic heterocycles. The van der Waals surface area contributed by atoms with Gasteiger partial charge in [0, 0.05) is 11.6 Å². The number of hydrogen-bond acceptors (Lipinski definition) is 2. The van der Waals surface area contributed by atoms with E-state index in [1.54, 1.807) is 13.0 Å². The molecule has 0 radical (unpaired) electrons. The van der Waals surface area contributed by atoms with Gasteiger partial charge < -0.3 is 10.5 Å². The number of rotatable bonds is 3. The van der Waals surface area contributed by atoms with E-state index >= 15 is 0 Å². The Kier molecular flexibility index (Phi) is 3.01. The number of nitrogens with two attached hydrogens (primary N) is 1. The Morgan fingerprint density at radius 3 is 2.85 bits per heavy atom. The van der Waals surface area contributed by atoms with Crippen LogP contribution in [0.3, 0.4) is 0 Å². The van der Waals surface area contributed by atoms with E-state index in [-0.39, 0.29) is 11.7 Å². The second-order valence-corrected chi connectivity index (χ2v) is 3.16. The van der Waals surface area contributed by atoms with Crippen LogP contribution in [0.15, 0.2) is 18.2 Å². The molecule has 0 amide bonds. The minimum Gasteiger partial charge on any atom is -0.398 e. The maximum absolute atomic E-state index is 12.6. The molecule has 0 saturated carbocycles. The fourth-order valence-electron chi connectivity index (χ4n) is 1.15. The Bertz CT molecular complexity index is 312. The highest BCUT2D eigenvalue weighted by atomic mass is 19.1. The van der Waals surface area contributed by atoms with Crippen molar-refractivity contribution in [3.63, 3.8) is 0 Å². The van der Waals surface area contributed by atoms with Crippen molar-refractivity contribution in [1.29, 1.82) is 0 Å². The molecule has 0 spiro atoms. The molecule has 0 bridgehead atoms. The van der Waals surface area contributed by atoms with Crippen molar-refractivity contribution in [3.8, 4) is 0 Å². The van der Waals surface area contributed by atoms with Gasteiger partial charge in [-0.2, -0.15) is 0 Å². The number of anilines is 1. The number of benzene rings is 1. The van der Waals surface area contributed by atoms with Gasteiger partial charge in [0.25, 0.3) is 0 Å². The van der Waals surface area contributed by atoms with Crippen molar-refractivity contribution in [2.45, 2.75) is 13.3 Å². The summed E-state index contributed by atoms with van der Waals surface area (Å²) in [7, 11) is 0. The maximum atomic E-state index is 12.6. The molecule has 1 rings (SSSR count). The molecule has 0 aromatic heterocycles. The molecule has 0 aliphatic rings. The first-order valence-corrected chi connectivity index (χ1v) is 4.12. The normalized spacial score (nSPS) is 12.5. The van der Waals surface area contributed by atoms with Gasteiger partial charge in [-0.1, -0.05) is 13.0 Å². The molecular weight excluding hydrogens is 169 g/mol. The first kappa shape index (κ1) is 9.71. The third-order valence-corrected chi connectivity index (χ3v) is 1.88. The van der Waals surface area contributed by atoms with E-state index in [0.717, 1.165) is 11.8 Å². The fourth-order valence-corrected chi connectivity index (χ4v) is 1.15. The Morgan fingerprint density at radius 1 is 1.62 bits per heavy atom. The van der Waals surface area contributed by atoms with Crippen molar-refractivity contribution in [3.05, 3.63) is 29.6 Å². The number of carbonyl (C=O) groups is 1. The van der Waals surface area contributed by atoms with Gasteiger partial charge in [0.15, 0.2) is 0 Å². The highest BCUT2D eigenvalue weighted by Crippen LogP contribution is 2.16. The molecule has 0 saturated heterocycles. The average Bonchev–Trinajstić information content (AvgIpc) is 2.09. The highest BCUT2D eigenvalue weighted by molar-refractivity contribution is 5.56. The van der Waals surface area contributed by atoms with E-state index in [4.69, 9.17) is 5.73 Å². The summed E-state index contributed by atoms with van der Waals surface area (Å²) in [5, 5.41) is 0. The van der Waals surface area contributed by atoms with Gasteiger partial charge >= 0.3 is 0 Å². The number of carbonyl (C=O) groups excluding carboxylic acids is 1. The van der Waals surface area contributed by atoms with Crippen molar-refractivity contribution < 1.29 is 9.18 Å². The molecule has 2 N–H and O–H groups in total. The third-order valence-electron chi connectivity index (χ3n) is 1.88. The Hall–Kier alpha value is -1.38. The van der Waals surface area contributed by atoms with E-state index in [9.17, 15) is 9.18 Å². The molecule has 0 fully saturated rings. The summed E-state index contributed by atoms with van der Waals surface area (Å²) in [6.45, 7) is 1.80. The number of nitrogen functional groups attached to an aromatic ring is 1. The Morgan fingerprint density at radius 2 is 2.31 bits per heavy atom. The summed E-state index contributed by atoms with van der Waals surface area (Å²) in [5.74, 6) is -0.423. The molecule has 0 aliphatic carbocycles. The molecule has 1 aromatic carbocycles. The summed E-state index contributed by atoms with van der Waals surface area (Å²) in [6.07, 6.45) is 1.43. The van der Waals surface area contributed by atoms with Crippen LogP contribution in [0.2, 0.25) is 0 Å². The van der Waals surface area contributed by atoms with Gasteiger partial charge in [0.2, 0.25) is 0 Å². The lowest BCUT2D eigenvalue weighted by atomic mass is 10.0. The van der Waals surface area contributed by atoms with Crippen molar-refractivity contribution in [2.75, 3.05) is 5.73 Å². The smallest absolute Gasteiger partial charge is 0.125 e. The Labute approximate surface area is 76.6 Å². The van der Waals surface area contributed by atoms with Gasteiger partial charge in [0.1, 0.15) is 12.1 Å². The minimum atomic E-state index is -0.347. The topological polar surface area (TPSA) is 43.1 Å². The van der Waals surface area contributed by atoms with E-state index in [2.05, 4.69) is 0 Å². The second-order valence-electron chi connectivity index (χ2n) is 3.16. The summed E-state index contributed by atoms with van der Waals surface area (Å²) < 4.78 is 12.6. The van der Waals surface area contributed by atoms with Crippen LogP contribution >= 0.6 is 0 Å². The quantitative estimate of drug-likeness (QED) is 0.570. The number of aldehydes is 1. The van der Waals surface area contributed by atoms with Gasteiger partial charge in [-0.05, 0) is 24.1 Å². The van der Waals surface area contributed by atoms with Gasteiger partial charge in [-0.3, -0.25) is 0 Å². The van der Waals surface area contributed by atoms with Gasteiger partial charge in [-0.25, -0.2) is 4.39 Å². The minimum absolute atomic E-state index is 0.0761. The second kappa shape index (κ2) is 4.03. The van der Waals surface area contributed by atoms with Crippen LogP contribution in [0.1, 0.15) is 12.5 Å². The van der Waals surface area contributed by atoms with Crippen LogP contribution in [-0.2, 0) is 11.2 Å². The van der Waals surface area contributed by atoms with E-state index in [1.807, 2.05) is 0 Å². The molecule has 1 aromatic rings. The van der Waals surface area contributed by atoms with Crippen LogP contribution in [0.4, 0.5) is 10.1 Å². The van der Waals surface area contributed by atoms with Crippen molar-refractivity contribution in [1.82, 2.24) is 0 Å². The summed E-state index contributed by atoms with van der Waals surface area (Å²) in [5.41, 5.74) is 6.80. The lowest BCUT2D eigenvalue weighted by Gasteiger charge is -2.06. The van der Waals surface area contributed by atoms with E-state index in [1.165, 1.54) is 12.1 Å². The maximum Gasteiger partial charge on any atom is 0.125 e. The predicted molar refractivity (Wildman–Crippen MR) is 49.7 cm³/mol. The van der Waals surface area contributed by atoms with Gasteiger partial charge in [-0.15, -0.1) is 0 Å². The SMILES string of the molecule is CC(C=O)Cc1ccc(F)cc1N. The number of halogens is 1. The first-order chi connectivity index (χ1) is 6.13.